The maximum atomic E-state index is 13.6. The number of nitrogens with zero attached hydrogens (tertiary/aromatic N) is 3. The van der Waals surface area contributed by atoms with Gasteiger partial charge in [0.2, 0.25) is 0 Å². The predicted molar refractivity (Wildman–Crippen MR) is 89.6 cm³/mol. The Kier molecular flexibility index (Phi) is 4.72. The van der Waals surface area contributed by atoms with Crippen LogP contribution in [0.4, 0.5) is 33.5 Å². The minimum Gasteiger partial charge on any atom is -0.357 e. The summed E-state index contributed by atoms with van der Waals surface area (Å²) in [7, 11) is 1.67. The summed E-state index contributed by atoms with van der Waals surface area (Å²) in [5, 5.41) is 2.95. The summed E-state index contributed by atoms with van der Waals surface area (Å²) in [5.41, 5.74) is -0.435. The number of aromatic nitrogens is 2. The number of halogens is 5. The van der Waals surface area contributed by atoms with Crippen molar-refractivity contribution in [3.05, 3.63) is 41.9 Å². The minimum atomic E-state index is -5.68. The van der Waals surface area contributed by atoms with E-state index in [9.17, 15) is 22.0 Å². The smallest absolute Gasteiger partial charge is 0.357 e. The van der Waals surface area contributed by atoms with Gasteiger partial charge in [-0.3, -0.25) is 4.98 Å². The van der Waals surface area contributed by atoms with E-state index in [0.29, 0.717) is 11.9 Å². The SMILES string of the molecule is CCSc1cccnc1C1Nc2cc(C(F)(F)C(F)(F)F)cnc2N1C. The molecule has 3 heterocycles. The van der Waals surface area contributed by atoms with E-state index in [4.69, 9.17) is 0 Å². The number of anilines is 2. The highest BCUT2D eigenvalue weighted by Gasteiger charge is 2.59. The Morgan fingerprint density at radius 3 is 2.62 bits per heavy atom. The molecule has 0 aliphatic carbocycles. The van der Waals surface area contributed by atoms with Crippen LogP contribution in [0.1, 0.15) is 24.3 Å². The van der Waals surface area contributed by atoms with Crippen molar-refractivity contribution in [3.63, 3.8) is 0 Å². The first-order chi connectivity index (χ1) is 12.2. The molecule has 1 atom stereocenters. The van der Waals surface area contributed by atoms with Crippen molar-refractivity contribution >= 4 is 23.3 Å². The molecule has 2 aromatic rings. The molecule has 0 saturated carbocycles. The van der Waals surface area contributed by atoms with E-state index in [1.54, 1.807) is 36.0 Å². The molecule has 10 heteroatoms. The second-order valence-electron chi connectivity index (χ2n) is 5.64. The number of hydrogen-bond donors (Lipinski definition) is 1. The molecular weight excluding hydrogens is 375 g/mol. The lowest BCUT2D eigenvalue weighted by atomic mass is 10.1. The lowest BCUT2D eigenvalue weighted by Gasteiger charge is -2.22. The number of fused-ring (bicyclic) bond motifs is 1. The molecule has 0 radical (unpaired) electrons. The van der Waals surface area contributed by atoms with Gasteiger partial charge < -0.3 is 10.2 Å². The monoisotopic (exact) mass is 390 g/mol. The van der Waals surface area contributed by atoms with Crippen LogP contribution >= 0.6 is 11.8 Å². The van der Waals surface area contributed by atoms with Crippen LogP contribution in [0.5, 0.6) is 0 Å². The van der Waals surface area contributed by atoms with Crippen LogP contribution in [-0.2, 0) is 5.92 Å². The summed E-state index contributed by atoms with van der Waals surface area (Å²) in [6.45, 7) is 1.98. The van der Waals surface area contributed by atoms with E-state index >= 15 is 0 Å². The molecule has 0 spiro atoms. The van der Waals surface area contributed by atoms with Crippen LogP contribution in [0.2, 0.25) is 0 Å². The van der Waals surface area contributed by atoms with E-state index in [0.717, 1.165) is 16.7 Å². The lowest BCUT2D eigenvalue weighted by molar-refractivity contribution is -0.289. The third-order valence-corrected chi connectivity index (χ3v) is 4.90. The van der Waals surface area contributed by atoms with E-state index < -0.39 is 23.8 Å². The Hall–Kier alpha value is -2.10. The normalized spacial score (nSPS) is 17.2. The minimum absolute atomic E-state index is 0.108. The third kappa shape index (κ3) is 3.06. The average Bonchev–Trinajstić information content (AvgIpc) is 2.91. The Morgan fingerprint density at radius 2 is 1.96 bits per heavy atom. The van der Waals surface area contributed by atoms with E-state index in [-0.39, 0.29) is 11.5 Å². The summed E-state index contributed by atoms with van der Waals surface area (Å²) in [4.78, 5) is 10.7. The van der Waals surface area contributed by atoms with Gasteiger partial charge in [0.1, 0.15) is 6.17 Å². The zero-order valence-corrected chi connectivity index (χ0v) is 14.6. The molecule has 1 N–H and O–H groups in total. The largest absolute Gasteiger partial charge is 0.458 e. The molecule has 0 saturated heterocycles. The highest BCUT2D eigenvalue weighted by molar-refractivity contribution is 7.99. The van der Waals surface area contributed by atoms with Gasteiger partial charge in [-0.2, -0.15) is 22.0 Å². The van der Waals surface area contributed by atoms with Crippen LogP contribution < -0.4 is 10.2 Å². The topological polar surface area (TPSA) is 41.1 Å². The Balaban J connectivity index is 1.97. The predicted octanol–water partition coefficient (Wildman–Crippen LogP) is 4.80. The van der Waals surface area contributed by atoms with Gasteiger partial charge in [-0.05, 0) is 24.0 Å². The van der Waals surface area contributed by atoms with Crippen molar-refractivity contribution in [1.82, 2.24) is 9.97 Å². The lowest BCUT2D eigenvalue weighted by Crippen LogP contribution is -2.33. The van der Waals surface area contributed by atoms with Gasteiger partial charge in [-0.15, -0.1) is 11.8 Å². The molecule has 140 valence electrons. The number of alkyl halides is 5. The van der Waals surface area contributed by atoms with Crippen LogP contribution in [0.15, 0.2) is 35.5 Å². The first-order valence-corrected chi connectivity index (χ1v) is 8.67. The number of rotatable bonds is 4. The van der Waals surface area contributed by atoms with Crippen molar-refractivity contribution < 1.29 is 22.0 Å². The van der Waals surface area contributed by atoms with Gasteiger partial charge >= 0.3 is 12.1 Å². The maximum absolute atomic E-state index is 13.6. The zero-order valence-electron chi connectivity index (χ0n) is 13.8. The highest BCUT2D eigenvalue weighted by atomic mass is 32.2. The second kappa shape index (κ2) is 6.57. The van der Waals surface area contributed by atoms with Gasteiger partial charge in [-0.1, -0.05) is 6.92 Å². The van der Waals surface area contributed by atoms with Crippen molar-refractivity contribution in [3.8, 4) is 0 Å². The molecule has 1 aliphatic heterocycles. The van der Waals surface area contributed by atoms with E-state index in [1.165, 1.54) is 0 Å². The molecule has 0 aromatic carbocycles. The highest BCUT2D eigenvalue weighted by Crippen LogP contribution is 2.47. The molecule has 26 heavy (non-hydrogen) atoms. The molecule has 1 unspecified atom stereocenters. The Labute approximate surface area is 150 Å². The fourth-order valence-electron chi connectivity index (χ4n) is 2.68. The maximum Gasteiger partial charge on any atom is 0.458 e. The van der Waals surface area contributed by atoms with Gasteiger partial charge in [0.05, 0.1) is 16.9 Å². The molecule has 3 rings (SSSR count). The fraction of sp³-hybridized carbons (Fsp3) is 0.375. The summed E-state index contributed by atoms with van der Waals surface area (Å²) in [5.74, 6) is -3.88. The van der Waals surface area contributed by atoms with Crippen molar-refractivity contribution in [2.24, 2.45) is 0 Å². The van der Waals surface area contributed by atoms with Gasteiger partial charge in [0.15, 0.2) is 5.82 Å². The van der Waals surface area contributed by atoms with Crippen LogP contribution in [-0.4, -0.2) is 28.9 Å². The molecule has 4 nitrogen and oxygen atoms in total. The number of nitrogens with one attached hydrogen (secondary N) is 1. The fourth-order valence-corrected chi connectivity index (χ4v) is 3.48. The third-order valence-electron chi connectivity index (χ3n) is 3.96. The van der Waals surface area contributed by atoms with Crippen molar-refractivity contribution in [2.75, 3.05) is 23.0 Å². The van der Waals surface area contributed by atoms with Crippen LogP contribution in [0.3, 0.4) is 0 Å². The van der Waals surface area contributed by atoms with Gasteiger partial charge in [-0.25, -0.2) is 4.98 Å². The standard InChI is InChI=1S/C16H15F5N4S/c1-3-26-11-5-4-6-22-12(11)14-24-10-7-9(8-23-13(10)25(14)2)15(17,18)16(19,20)21/h4-8,14,24H,3H2,1-2H3. The van der Waals surface area contributed by atoms with Crippen molar-refractivity contribution in [2.45, 2.75) is 30.1 Å². The second-order valence-corrected chi connectivity index (χ2v) is 6.95. The van der Waals surface area contributed by atoms with Crippen molar-refractivity contribution in [1.29, 1.82) is 0 Å². The van der Waals surface area contributed by atoms with E-state index in [2.05, 4.69) is 15.3 Å². The molecule has 0 fully saturated rings. The summed E-state index contributed by atoms with van der Waals surface area (Å²) < 4.78 is 65.0. The molecule has 2 aromatic heterocycles. The summed E-state index contributed by atoms with van der Waals surface area (Å²) in [6.07, 6.45) is -4.03. The van der Waals surface area contributed by atoms with E-state index in [1.807, 2.05) is 13.0 Å². The number of hydrogen-bond acceptors (Lipinski definition) is 5. The first kappa shape index (κ1) is 18.7. The zero-order chi connectivity index (χ0) is 19.1. The molecule has 0 amide bonds. The Morgan fingerprint density at radius 1 is 1.23 bits per heavy atom. The van der Waals surface area contributed by atoms with Crippen LogP contribution in [0.25, 0.3) is 0 Å². The number of pyridine rings is 2. The molecular formula is C16H15F5N4S. The summed E-state index contributed by atoms with van der Waals surface area (Å²) in [6, 6.07) is 4.46. The quantitative estimate of drug-likeness (QED) is 0.600. The summed E-state index contributed by atoms with van der Waals surface area (Å²) >= 11 is 1.56. The van der Waals surface area contributed by atoms with Gasteiger partial charge in [0, 0.05) is 24.3 Å². The van der Waals surface area contributed by atoms with Crippen LogP contribution in [0, 0.1) is 0 Å². The number of thioether (sulfide) groups is 1. The first-order valence-electron chi connectivity index (χ1n) is 7.69. The molecule has 0 bridgehead atoms. The van der Waals surface area contributed by atoms with Gasteiger partial charge in [0.25, 0.3) is 0 Å². The Bertz CT molecular complexity index is 811. The molecule has 1 aliphatic rings. The average molecular weight is 390 g/mol.